The van der Waals surface area contributed by atoms with E-state index in [0.29, 0.717) is 12.0 Å². The molecule has 104 valence electrons. The predicted octanol–water partition coefficient (Wildman–Crippen LogP) is 4.91. The molecule has 0 saturated heterocycles. The molecular weight excluding hydrogens is 250 g/mol. The molecule has 2 heteroatoms. The maximum absolute atomic E-state index is 3.57. The molecule has 1 aromatic carbocycles. The lowest BCUT2D eigenvalue weighted by atomic mass is 9.99. The molecule has 0 fully saturated rings. The Morgan fingerprint density at radius 1 is 1.16 bits per heavy atom. The van der Waals surface area contributed by atoms with Crippen LogP contribution in [0.25, 0.3) is 10.1 Å². The van der Waals surface area contributed by atoms with Gasteiger partial charge in [0.15, 0.2) is 0 Å². The van der Waals surface area contributed by atoms with Crippen molar-refractivity contribution in [3.8, 4) is 0 Å². The molecule has 0 unspecified atom stereocenters. The second-order valence-corrected chi connectivity index (χ2v) is 7.19. The van der Waals surface area contributed by atoms with Crippen LogP contribution in [0, 0.1) is 12.8 Å². The molecule has 0 bridgehead atoms. The molecule has 0 aliphatic heterocycles. The third-order valence-corrected chi connectivity index (χ3v) is 4.77. The molecule has 0 aliphatic carbocycles. The Balaban J connectivity index is 2.45. The molecule has 0 saturated carbocycles. The van der Waals surface area contributed by atoms with Crippen molar-refractivity contribution in [3.63, 3.8) is 0 Å². The van der Waals surface area contributed by atoms with E-state index in [4.69, 9.17) is 0 Å². The average molecular weight is 275 g/mol. The SMILES string of the molecule is Cc1cccc2c(CC(C)C)c(CNC(C)C)sc12. The molecule has 0 spiro atoms. The predicted molar refractivity (Wildman–Crippen MR) is 87.1 cm³/mol. The van der Waals surface area contributed by atoms with Crippen LogP contribution in [0.5, 0.6) is 0 Å². The summed E-state index contributed by atoms with van der Waals surface area (Å²) < 4.78 is 1.47. The zero-order chi connectivity index (χ0) is 14.0. The summed E-state index contributed by atoms with van der Waals surface area (Å²) in [6, 6.07) is 7.24. The molecule has 1 aromatic heterocycles. The number of benzene rings is 1. The van der Waals surface area contributed by atoms with Crippen LogP contribution in [0.3, 0.4) is 0 Å². The maximum Gasteiger partial charge on any atom is 0.0378 e. The van der Waals surface area contributed by atoms with Crippen LogP contribution in [0.15, 0.2) is 18.2 Å². The van der Waals surface area contributed by atoms with Crippen LogP contribution in [0.2, 0.25) is 0 Å². The largest absolute Gasteiger partial charge is 0.310 e. The molecule has 0 radical (unpaired) electrons. The van der Waals surface area contributed by atoms with Gasteiger partial charge in [-0.05, 0) is 35.8 Å². The fourth-order valence-corrected chi connectivity index (χ4v) is 3.68. The van der Waals surface area contributed by atoms with Crippen molar-refractivity contribution in [2.75, 3.05) is 0 Å². The lowest BCUT2D eigenvalue weighted by molar-refractivity contribution is 0.585. The van der Waals surface area contributed by atoms with Crippen LogP contribution >= 0.6 is 11.3 Å². The summed E-state index contributed by atoms with van der Waals surface area (Å²) in [6.07, 6.45) is 1.18. The van der Waals surface area contributed by atoms with Gasteiger partial charge >= 0.3 is 0 Å². The first-order chi connectivity index (χ1) is 8.99. The van der Waals surface area contributed by atoms with Crippen LogP contribution in [0.1, 0.15) is 43.7 Å². The zero-order valence-electron chi connectivity index (χ0n) is 12.7. The van der Waals surface area contributed by atoms with E-state index < -0.39 is 0 Å². The van der Waals surface area contributed by atoms with Crippen LogP contribution in [-0.2, 0) is 13.0 Å². The van der Waals surface area contributed by atoms with Gasteiger partial charge in [-0.25, -0.2) is 0 Å². The van der Waals surface area contributed by atoms with E-state index in [1.54, 1.807) is 5.56 Å². The van der Waals surface area contributed by atoms with Gasteiger partial charge in [0.25, 0.3) is 0 Å². The lowest BCUT2D eigenvalue weighted by Gasteiger charge is -2.10. The second-order valence-electron chi connectivity index (χ2n) is 6.09. The fourth-order valence-electron chi connectivity index (χ4n) is 2.43. The Kier molecular flexibility index (Phi) is 4.64. The highest BCUT2D eigenvalue weighted by Crippen LogP contribution is 2.35. The van der Waals surface area contributed by atoms with Gasteiger partial charge in [0.05, 0.1) is 0 Å². The van der Waals surface area contributed by atoms with Gasteiger partial charge < -0.3 is 5.32 Å². The van der Waals surface area contributed by atoms with Crippen molar-refractivity contribution in [3.05, 3.63) is 34.2 Å². The van der Waals surface area contributed by atoms with Crippen molar-refractivity contribution < 1.29 is 0 Å². The van der Waals surface area contributed by atoms with Crippen molar-refractivity contribution in [2.45, 2.75) is 53.6 Å². The van der Waals surface area contributed by atoms with E-state index in [9.17, 15) is 0 Å². The lowest BCUT2D eigenvalue weighted by Crippen LogP contribution is -2.21. The zero-order valence-corrected chi connectivity index (χ0v) is 13.5. The Hall–Kier alpha value is -0.860. The minimum absolute atomic E-state index is 0.540. The van der Waals surface area contributed by atoms with Gasteiger partial charge in [-0.3, -0.25) is 0 Å². The summed E-state index contributed by atoms with van der Waals surface area (Å²) in [5, 5.41) is 5.04. The number of rotatable bonds is 5. The molecule has 1 heterocycles. The third kappa shape index (κ3) is 3.37. The highest BCUT2D eigenvalue weighted by molar-refractivity contribution is 7.19. The first kappa shape index (κ1) is 14.5. The van der Waals surface area contributed by atoms with Gasteiger partial charge in [0.1, 0.15) is 0 Å². The number of nitrogens with one attached hydrogen (secondary N) is 1. The van der Waals surface area contributed by atoms with E-state index >= 15 is 0 Å². The monoisotopic (exact) mass is 275 g/mol. The summed E-state index contributed by atoms with van der Waals surface area (Å²) >= 11 is 1.97. The minimum Gasteiger partial charge on any atom is -0.310 e. The topological polar surface area (TPSA) is 12.0 Å². The van der Waals surface area contributed by atoms with Crippen LogP contribution < -0.4 is 5.32 Å². The van der Waals surface area contributed by atoms with Gasteiger partial charge in [-0.2, -0.15) is 0 Å². The molecule has 0 atom stereocenters. The molecule has 0 amide bonds. The van der Waals surface area contributed by atoms with Gasteiger partial charge in [-0.15, -0.1) is 11.3 Å². The normalized spacial score (nSPS) is 11.9. The van der Waals surface area contributed by atoms with E-state index in [2.05, 4.69) is 58.1 Å². The van der Waals surface area contributed by atoms with Crippen molar-refractivity contribution in [1.29, 1.82) is 0 Å². The summed E-state index contributed by atoms with van der Waals surface area (Å²) in [4.78, 5) is 1.52. The highest BCUT2D eigenvalue weighted by atomic mass is 32.1. The van der Waals surface area contributed by atoms with E-state index in [1.807, 2.05) is 11.3 Å². The van der Waals surface area contributed by atoms with E-state index in [0.717, 1.165) is 6.54 Å². The average Bonchev–Trinajstić information content (AvgIpc) is 2.66. The third-order valence-electron chi connectivity index (χ3n) is 3.38. The first-order valence-corrected chi connectivity index (χ1v) is 8.04. The quantitative estimate of drug-likeness (QED) is 0.818. The van der Waals surface area contributed by atoms with Crippen LogP contribution in [-0.4, -0.2) is 6.04 Å². The summed E-state index contributed by atoms with van der Waals surface area (Å²) in [5.74, 6) is 0.705. The van der Waals surface area contributed by atoms with Crippen molar-refractivity contribution in [1.82, 2.24) is 5.32 Å². The van der Waals surface area contributed by atoms with Gasteiger partial charge in [0.2, 0.25) is 0 Å². The number of thiophene rings is 1. The van der Waals surface area contributed by atoms with Crippen molar-refractivity contribution >= 4 is 21.4 Å². The molecular formula is C17H25NS. The molecule has 0 aliphatic rings. The maximum atomic E-state index is 3.57. The fraction of sp³-hybridized carbons (Fsp3) is 0.529. The second kappa shape index (κ2) is 6.06. The smallest absolute Gasteiger partial charge is 0.0378 e. The minimum atomic E-state index is 0.540. The Labute approximate surface area is 121 Å². The van der Waals surface area contributed by atoms with E-state index in [-0.39, 0.29) is 0 Å². The van der Waals surface area contributed by atoms with Gasteiger partial charge in [-0.1, -0.05) is 45.9 Å². The molecule has 1 nitrogen and oxygen atoms in total. The number of hydrogen-bond acceptors (Lipinski definition) is 2. The number of aryl methyl sites for hydroxylation is 1. The Bertz CT molecular complexity index is 552. The summed E-state index contributed by atoms with van der Waals surface area (Å²) in [6.45, 7) is 12.2. The van der Waals surface area contributed by atoms with Crippen molar-refractivity contribution in [2.24, 2.45) is 5.92 Å². The molecule has 2 aromatic rings. The molecule has 2 rings (SSSR count). The number of hydrogen-bond donors (Lipinski definition) is 1. The highest BCUT2D eigenvalue weighted by Gasteiger charge is 2.14. The standard InChI is InChI=1S/C17H25NS/c1-11(2)9-15-14-8-6-7-13(5)17(14)19-16(15)10-18-12(3)4/h6-8,11-12,18H,9-10H2,1-5H3. The van der Waals surface area contributed by atoms with E-state index in [1.165, 1.54) is 26.9 Å². The Morgan fingerprint density at radius 3 is 2.53 bits per heavy atom. The first-order valence-electron chi connectivity index (χ1n) is 7.22. The molecule has 1 N–H and O–H groups in total. The number of fused-ring (bicyclic) bond motifs is 1. The van der Waals surface area contributed by atoms with Gasteiger partial charge in [0, 0.05) is 22.2 Å². The summed E-state index contributed by atoms with van der Waals surface area (Å²) in [5.41, 5.74) is 2.97. The Morgan fingerprint density at radius 2 is 1.89 bits per heavy atom. The summed E-state index contributed by atoms with van der Waals surface area (Å²) in [7, 11) is 0. The van der Waals surface area contributed by atoms with Crippen LogP contribution in [0.4, 0.5) is 0 Å². The molecule has 19 heavy (non-hydrogen) atoms.